The molecule has 3 heterocycles. The molecule has 0 saturated carbocycles. The van der Waals surface area contributed by atoms with Crippen molar-refractivity contribution < 1.29 is 33.9 Å². The second-order valence-electron chi connectivity index (χ2n) is 8.24. The number of nitrogens with zero attached hydrogens (tertiary/aromatic N) is 3. The second-order valence-corrected chi connectivity index (χ2v) is 11.6. The molecule has 1 fully saturated rings. The van der Waals surface area contributed by atoms with E-state index in [2.05, 4.69) is 15.5 Å². The topological polar surface area (TPSA) is 174 Å². The first-order chi connectivity index (χ1) is 16.4. The monoisotopic (exact) mass is 543 g/mol. The average Bonchev–Trinajstić information content (AvgIpc) is 3.19. The summed E-state index contributed by atoms with van der Waals surface area (Å²) >= 11 is 3.80. The van der Waals surface area contributed by atoms with Crippen molar-refractivity contribution in [1.82, 2.24) is 15.2 Å². The number of oxime groups is 1. The highest BCUT2D eigenvalue weighted by Crippen LogP contribution is 2.43. The first-order valence-electron chi connectivity index (χ1n) is 10.4. The van der Waals surface area contributed by atoms with Gasteiger partial charge in [-0.15, -0.1) is 34.9 Å². The van der Waals surface area contributed by atoms with Crippen molar-refractivity contribution in [3.8, 4) is 0 Å². The number of nitrogen functional groups attached to an aromatic ring is 1. The fourth-order valence-electron chi connectivity index (χ4n) is 3.21. The molecule has 190 valence electrons. The predicted molar refractivity (Wildman–Crippen MR) is 133 cm³/mol. The molecule has 1 aromatic rings. The van der Waals surface area contributed by atoms with E-state index in [0.29, 0.717) is 16.4 Å². The number of aliphatic carboxylic acids is 1. The Morgan fingerprint density at radius 3 is 2.69 bits per heavy atom. The Morgan fingerprint density at radius 1 is 1.40 bits per heavy atom. The summed E-state index contributed by atoms with van der Waals surface area (Å²) in [7, 11) is 0. The number of amides is 2. The Morgan fingerprint density at radius 2 is 2.11 bits per heavy atom. The number of nitrogens with two attached hydrogens (primary N) is 1. The fraction of sp³-hybridized carbons (Fsp3) is 0.500. The van der Waals surface area contributed by atoms with Gasteiger partial charge >= 0.3 is 11.9 Å². The minimum Gasteiger partial charge on any atom is -0.477 e. The lowest BCUT2D eigenvalue weighted by Crippen LogP contribution is -2.71. The van der Waals surface area contributed by atoms with Crippen molar-refractivity contribution in [1.29, 1.82) is 0 Å². The molecular weight excluding hydrogens is 518 g/mol. The molecule has 3 rings (SSSR count). The lowest BCUT2D eigenvalue weighted by molar-refractivity contribution is -0.160. The van der Waals surface area contributed by atoms with Gasteiger partial charge in [0.2, 0.25) is 6.61 Å². The minimum absolute atomic E-state index is 0.0574. The molecule has 0 aliphatic carbocycles. The van der Waals surface area contributed by atoms with E-state index in [4.69, 9.17) is 15.3 Å². The molecule has 0 bridgehead atoms. The SMILES string of the molecule is CCSC1=C(C(=O)O)N2C(=O)C(NC(=O)/C(=N/OCC(=O)OC(C)(C)C)c3csc(N)n3)[C@H]2SC1. The van der Waals surface area contributed by atoms with Crippen molar-refractivity contribution >= 4 is 69.5 Å². The summed E-state index contributed by atoms with van der Waals surface area (Å²) in [6.07, 6.45) is 0. The number of thioether (sulfide) groups is 2. The van der Waals surface area contributed by atoms with E-state index in [-0.39, 0.29) is 22.2 Å². The quantitative estimate of drug-likeness (QED) is 0.177. The van der Waals surface area contributed by atoms with Crippen LogP contribution in [0.15, 0.2) is 21.1 Å². The number of anilines is 1. The number of rotatable bonds is 9. The first kappa shape index (κ1) is 26.8. The number of carbonyl (C=O) groups is 4. The van der Waals surface area contributed by atoms with Gasteiger partial charge in [-0.3, -0.25) is 14.5 Å². The molecule has 2 aliphatic heterocycles. The molecule has 35 heavy (non-hydrogen) atoms. The van der Waals surface area contributed by atoms with E-state index in [0.717, 1.165) is 11.3 Å². The van der Waals surface area contributed by atoms with Crippen molar-refractivity contribution in [3.05, 3.63) is 21.7 Å². The zero-order valence-corrected chi connectivity index (χ0v) is 21.8. The van der Waals surface area contributed by atoms with E-state index in [1.54, 1.807) is 20.8 Å². The summed E-state index contributed by atoms with van der Waals surface area (Å²) in [5, 5.41) is 17.1. The summed E-state index contributed by atoms with van der Waals surface area (Å²) in [5.74, 6) is -2.14. The predicted octanol–water partition coefficient (Wildman–Crippen LogP) is 1.24. The van der Waals surface area contributed by atoms with Crippen LogP contribution in [0.5, 0.6) is 0 Å². The van der Waals surface area contributed by atoms with E-state index in [1.807, 2.05) is 6.92 Å². The minimum atomic E-state index is -1.19. The van der Waals surface area contributed by atoms with Gasteiger partial charge in [0.1, 0.15) is 28.4 Å². The maximum absolute atomic E-state index is 13.0. The smallest absolute Gasteiger partial charge is 0.353 e. The molecular formula is C20H25N5O7S3. The van der Waals surface area contributed by atoms with Crippen LogP contribution in [-0.2, 0) is 28.8 Å². The zero-order valence-electron chi connectivity index (χ0n) is 19.4. The highest BCUT2D eigenvalue weighted by atomic mass is 32.2. The molecule has 15 heteroatoms. The van der Waals surface area contributed by atoms with Gasteiger partial charge in [0.15, 0.2) is 10.8 Å². The van der Waals surface area contributed by atoms with Gasteiger partial charge in [0.25, 0.3) is 11.8 Å². The van der Waals surface area contributed by atoms with Crippen LogP contribution < -0.4 is 11.1 Å². The van der Waals surface area contributed by atoms with Crippen molar-refractivity contribution in [2.75, 3.05) is 23.8 Å². The van der Waals surface area contributed by atoms with Gasteiger partial charge in [-0.2, -0.15) is 0 Å². The van der Waals surface area contributed by atoms with Crippen LogP contribution in [-0.4, -0.2) is 79.6 Å². The number of thiazole rings is 1. The molecule has 12 nitrogen and oxygen atoms in total. The summed E-state index contributed by atoms with van der Waals surface area (Å²) in [5.41, 5.74) is 4.70. The number of hydrogen-bond donors (Lipinski definition) is 3. The number of hydrogen-bond acceptors (Lipinski definition) is 12. The Balaban J connectivity index is 1.75. The maximum Gasteiger partial charge on any atom is 0.353 e. The van der Waals surface area contributed by atoms with Crippen molar-refractivity contribution in [3.63, 3.8) is 0 Å². The van der Waals surface area contributed by atoms with E-state index >= 15 is 0 Å². The Hall–Kier alpha value is -2.78. The van der Waals surface area contributed by atoms with Crippen LogP contribution in [0.4, 0.5) is 5.13 Å². The molecule has 2 amide bonds. The van der Waals surface area contributed by atoms with Crippen LogP contribution >= 0.6 is 34.9 Å². The Bertz CT molecular complexity index is 1100. The summed E-state index contributed by atoms with van der Waals surface area (Å²) in [6.45, 7) is 6.44. The molecule has 2 aliphatic rings. The summed E-state index contributed by atoms with van der Waals surface area (Å²) < 4.78 is 5.14. The molecule has 0 radical (unpaired) electrons. The first-order valence-corrected chi connectivity index (χ1v) is 13.3. The highest BCUT2D eigenvalue weighted by molar-refractivity contribution is 8.06. The third-order valence-electron chi connectivity index (χ3n) is 4.48. The summed E-state index contributed by atoms with van der Waals surface area (Å²) in [4.78, 5) is 60.4. The lowest BCUT2D eigenvalue weighted by Gasteiger charge is -2.49. The fourth-order valence-corrected chi connectivity index (χ4v) is 6.16. The number of β-lactam (4-membered cyclic amide) rings is 1. The van der Waals surface area contributed by atoms with Crippen molar-refractivity contribution in [2.24, 2.45) is 5.16 Å². The van der Waals surface area contributed by atoms with Gasteiger partial charge in [-0.05, 0) is 26.5 Å². The van der Waals surface area contributed by atoms with Crippen LogP contribution in [0, 0.1) is 0 Å². The van der Waals surface area contributed by atoms with Gasteiger partial charge in [-0.25, -0.2) is 14.6 Å². The number of carbonyl (C=O) groups excluding carboxylic acids is 3. The number of nitrogens with one attached hydrogen (secondary N) is 1. The number of carboxylic acid groups (broad SMARTS) is 1. The standard InChI is InChI=1S/C20H25N5O7S3/c1-5-33-10-8-34-17-13(16(28)25(17)14(10)18(29)30)23-15(27)12(9-7-35-19(21)22-9)24-31-6-11(26)32-20(2,3)4/h7,13,17H,5-6,8H2,1-4H3,(H2,21,22)(H,23,27)(H,29,30)/b24-12+/t13?,17-/m1/s1. The molecule has 1 saturated heterocycles. The Kier molecular flexibility index (Phi) is 8.33. The zero-order chi connectivity index (χ0) is 25.9. The average molecular weight is 544 g/mol. The van der Waals surface area contributed by atoms with Crippen LogP contribution in [0.1, 0.15) is 33.4 Å². The summed E-state index contributed by atoms with van der Waals surface area (Å²) in [6, 6.07) is -0.970. The highest BCUT2D eigenvalue weighted by Gasteiger charge is 2.54. The molecule has 0 aromatic carbocycles. The van der Waals surface area contributed by atoms with Crippen LogP contribution in [0.3, 0.4) is 0 Å². The van der Waals surface area contributed by atoms with Crippen LogP contribution in [0.2, 0.25) is 0 Å². The Labute approximate surface area is 213 Å². The maximum atomic E-state index is 13.0. The number of fused-ring (bicyclic) bond motifs is 1. The lowest BCUT2D eigenvalue weighted by atomic mass is 10.0. The van der Waals surface area contributed by atoms with Crippen LogP contribution in [0.25, 0.3) is 0 Å². The van der Waals surface area contributed by atoms with Gasteiger partial charge in [0, 0.05) is 16.0 Å². The van der Waals surface area contributed by atoms with Gasteiger partial charge in [-0.1, -0.05) is 12.1 Å². The largest absolute Gasteiger partial charge is 0.477 e. The number of esters is 1. The van der Waals surface area contributed by atoms with Gasteiger partial charge in [0.05, 0.1) is 0 Å². The van der Waals surface area contributed by atoms with Gasteiger partial charge < -0.3 is 25.7 Å². The number of ether oxygens (including phenoxy) is 1. The van der Waals surface area contributed by atoms with E-state index in [1.165, 1.54) is 33.8 Å². The third-order valence-corrected chi connectivity index (χ3v) is 7.59. The van der Waals surface area contributed by atoms with E-state index < -0.39 is 47.4 Å². The normalized spacial score (nSPS) is 20.2. The van der Waals surface area contributed by atoms with Crippen molar-refractivity contribution in [2.45, 2.75) is 44.7 Å². The molecule has 1 unspecified atom stereocenters. The number of carboxylic acids is 1. The molecule has 2 atom stereocenters. The number of aromatic nitrogens is 1. The molecule has 1 aromatic heterocycles. The molecule has 0 spiro atoms. The third kappa shape index (κ3) is 6.27. The molecule has 4 N–H and O–H groups in total. The second kappa shape index (κ2) is 10.9. The van der Waals surface area contributed by atoms with E-state index in [9.17, 15) is 24.3 Å².